The van der Waals surface area contributed by atoms with E-state index < -0.39 is 17.5 Å². The summed E-state index contributed by atoms with van der Waals surface area (Å²) in [6, 6.07) is 4.03. The van der Waals surface area contributed by atoms with Crippen LogP contribution in [0.15, 0.2) is 30.5 Å². The largest absolute Gasteiger partial charge is 0.438 e. The van der Waals surface area contributed by atoms with Crippen LogP contribution in [0, 0.1) is 17.5 Å². The van der Waals surface area contributed by atoms with Crippen LogP contribution in [0.1, 0.15) is 5.56 Å². The topological polar surface area (TPSA) is 34.2 Å². The highest BCUT2D eigenvalue weighted by molar-refractivity contribution is 5.33. The maximum absolute atomic E-state index is 13.1. The minimum atomic E-state index is -0.757. The molecule has 0 atom stereocenters. The number of aromatic nitrogens is 1. The molecule has 100 valence electrons. The highest BCUT2D eigenvalue weighted by Crippen LogP contribution is 2.25. The van der Waals surface area contributed by atoms with E-state index in [0.717, 1.165) is 24.4 Å². The van der Waals surface area contributed by atoms with E-state index in [2.05, 4.69) is 10.3 Å². The quantitative estimate of drug-likeness (QED) is 0.925. The summed E-state index contributed by atoms with van der Waals surface area (Å²) in [5.74, 6) is -1.96. The van der Waals surface area contributed by atoms with Crippen molar-refractivity contribution in [1.82, 2.24) is 10.3 Å². The Kier molecular flexibility index (Phi) is 4.01. The Balaban J connectivity index is 2.31. The lowest BCUT2D eigenvalue weighted by atomic mass is 10.2. The number of rotatable bonds is 4. The summed E-state index contributed by atoms with van der Waals surface area (Å²) in [6.45, 7) is 0.317. The monoisotopic (exact) mass is 268 g/mol. The van der Waals surface area contributed by atoms with E-state index in [4.69, 9.17) is 4.74 Å². The molecule has 1 N–H and O–H groups in total. The van der Waals surface area contributed by atoms with Crippen molar-refractivity contribution in [2.45, 2.75) is 6.54 Å². The van der Waals surface area contributed by atoms with Gasteiger partial charge in [-0.3, -0.25) is 0 Å². The number of pyridine rings is 1. The number of ether oxygens (including phenoxy) is 1. The second-order valence-corrected chi connectivity index (χ2v) is 3.86. The fourth-order valence-corrected chi connectivity index (χ4v) is 1.58. The maximum Gasteiger partial charge on any atom is 0.223 e. The molecular formula is C13H11F3N2O. The van der Waals surface area contributed by atoms with Crippen LogP contribution in [-0.2, 0) is 6.54 Å². The van der Waals surface area contributed by atoms with Crippen molar-refractivity contribution in [2.24, 2.45) is 0 Å². The van der Waals surface area contributed by atoms with Gasteiger partial charge in [0.25, 0.3) is 0 Å². The Bertz CT molecular complexity index is 570. The summed E-state index contributed by atoms with van der Waals surface area (Å²) < 4.78 is 44.4. The van der Waals surface area contributed by atoms with Gasteiger partial charge in [-0.05, 0) is 13.1 Å². The molecule has 0 aliphatic heterocycles. The molecule has 2 aromatic rings. The molecule has 0 aliphatic rings. The van der Waals surface area contributed by atoms with Gasteiger partial charge in [-0.25, -0.2) is 18.2 Å². The molecule has 0 fully saturated rings. The number of nitrogens with zero attached hydrogens (tertiary/aromatic N) is 1. The van der Waals surface area contributed by atoms with Crippen LogP contribution in [0.5, 0.6) is 11.6 Å². The Hall–Kier alpha value is -2.08. The third kappa shape index (κ3) is 3.45. The van der Waals surface area contributed by atoms with Crippen LogP contribution in [-0.4, -0.2) is 12.0 Å². The van der Waals surface area contributed by atoms with Crippen molar-refractivity contribution in [3.63, 3.8) is 0 Å². The molecule has 1 aromatic heterocycles. The van der Waals surface area contributed by atoms with Crippen molar-refractivity contribution in [1.29, 1.82) is 0 Å². The number of hydrogen-bond donors (Lipinski definition) is 1. The van der Waals surface area contributed by atoms with Crippen LogP contribution >= 0.6 is 0 Å². The van der Waals surface area contributed by atoms with Crippen molar-refractivity contribution < 1.29 is 17.9 Å². The first kappa shape index (κ1) is 13.4. The molecular weight excluding hydrogens is 257 g/mol. The summed E-state index contributed by atoms with van der Waals surface area (Å²) in [7, 11) is 1.68. The second-order valence-electron chi connectivity index (χ2n) is 3.86. The van der Waals surface area contributed by atoms with E-state index in [0.29, 0.717) is 12.1 Å². The SMILES string of the molecule is CNCc1cc(F)cnc1Oc1cc(F)cc(F)c1. The summed E-state index contributed by atoms with van der Waals surface area (Å²) in [5.41, 5.74) is 0.451. The summed E-state index contributed by atoms with van der Waals surface area (Å²) in [6.07, 6.45) is 0.976. The Morgan fingerprint density at radius 3 is 2.37 bits per heavy atom. The molecule has 0 spiro atoms. The highest BCUT2D eigenvalue weighted by atomic mass is 19.1. The van der Waals surface area contributed by atoms with Gasteiger partial charge in [0.05, 0.1) is 6.20 Å². The fourth-order valence-electron chi connectivity index (χ4n) is 1.58. The van der Waals surface area contributed by atoms with Gasteiger partial charge in [0, 0.05) is 30.3 Å². The van der Waals surface area contributed by atoms with Gasteiger partial charge in [0.1, 0.15) is 23.2 Å². The van der Waals surface area contributed by atoms with Crippen LogP contribution in [0.25, 0.3) is 0 Å². The lowest BCUT2D eigenvalue weighted by Gasteiger charge is -2.10. The first-order valence-corrected chi connectivity index (χ1v) is 5.51. The molecule has 0 saturated heterocycles. The van der Waals surface area contributed by atoms with Gasteiger partial charge >= 0.3 is 0 Å². The third-order valence-electron chi connectivity index (χ3n) is 2.31. The molecule has 0 radical (unpaired) electrons. The van der Waals surface area contributed by atoms with Crippen molar-refractivity contribution in [2.75, 3.05) is 7.05 Å². The zero-order valence-corrected chi connectivity index (χ0v) is 10.1. The van der Waals surface area contributed by atoms with E-state index in [-0.39, 0.29) is 11.6 Å². The molecule has 2 rings (SSSR count). The van der Waals surface area contributed by atoms with Crippen LogP contribution in [0.2, 0.25) is 0 Å². The standard InChI is InChI=1S/C13H11F3N2O/c1-17-6-8-2-11(16)7-18-13(8)19-12-4-9(14)3-10(15)5-12/h2-5,7,17H,6H2,1H3. The van der Waals surface area contributed by atoms with E-state index in [1.165, 1.54) is 6.07 Å². The third-order valence-corrected chi connectivity index (χ3v) is 2.31. The zero-order valence-electron chi connectivity index (χ0n) is 10.1. The van der Waals surface area contributed by atoms with Gasteiger partial charge in [0.2, 0.25) is 5.88 Å². The average molecular weight is 268 g/mol. The van der Waals surface area contributed by atoms with E-state index in [1.807, 2.05) is 0 Å². The molecule has 1 aromatic carbocycles. The van der Waals surface area contributed by atoms with Crippen molar-refractivity contribution >= 4 is 0 Å². The average Bonchev–Trinajstić information content (AvgIpc) is 2.32. The minimum absolute atomic E-state index is 0.0334. The van der Waals surface area contributed by atoms with Crippen LogP contribution in [0.4, 0.5) is 13.2 Å². The second kappa shape index (κ2) is 5.71. The van der Waals surface area contributed by atoms with Crippen LogP contribution in [0.3, 0.4) is 0 Å². The molecule has 19 heavy (non-hydrogen) atoms. The predicted molar refractivity (Wildman–Crippen MR) is 63.4 cm³/mol. The molecule has 3 nitrogen and oxygen atoms in total. The van der Waals surface area contributed by atoms with E-state index in [9.17, 15) is 13.2 Å². The zero-order chi connectivity index (χ0) is 13.8. The number of benzene rings is 1. The lowest BCUT2D eigenvalue weighted by molar-refractivity contribution is 0.440. The minimum Gasteiger partial charge on any atom is -0.438 e. The van der Waals surface area contributed by atoms with Gasteiger partial charge in [-0.15, -0.1) is 0 Å². The molecule has 0 bridgehead atoms. The number of halogens is 3. The summed E-state index contributed by atoms with van der Waals surface area (Å²) in [5, 5.41) is 2.83. The van der Waals surface area contributed by atoms with E-state index in [1.54, 1.807) is 7.05 Å². The Labute approximate surface area is 108 Å². The van der Waals surface area contributed by atoms with Gasteiger partial charge < -0.3 is 10.1 Å². The number of nitrogens with one attached hydrogen (secondary N) is 1. The molecule has 6 heteroatoms. The smallest absolute Gasteiger partial charge is 0.223 e. The highest BCUT2D eigenvalue weighted by Gasteiger charge is 2.09. The predicted octanol–water partition coefficient (Wildman–Crippen LogP) is 3.01. The Morgan fingerprint density at radius 2 is 1.74 bits per heavy atom. The first-order chi connectivity index (χ1) is 9.08. The van der Waals surface area contributed by atoms with Gasteiger partial charge in [0.15, 0.2) is 0 Å². The normalized spacial score (nSPS) is 10.5. The first-order valence-electron chi connectivity index (χ1n) is 5.51. The molecule has 1 heterocycles. The maximum atomic E-state index is 13.1. The van der Waals surface area contributed by atoms with Crippen molar-refractivity contribution in [3.05, 3.63) is 53.5 Å². The molecule has 0 saturated carbocycles. The fraction of sp³-hybridized carbons (Fsp3) is 0.154. The molecule has 0 amide bonds. The van der Waals surface area contributed by atoms with Crippen LogP contribution < -0.4 is 10.1 Å². The molecule has 0 aliphatic carbocycles. The number of hydrogen-bond acceptors (Lipinski definition) is 3. The Morgan fingerprint density at radius 1 is 1.05 bits per heavy atom. The van der Waals surface area contributed by atoms with E-state index >= 15 is 0 Å². The summed E-state index contributed by atoms with van der Waals surface area (Å²) >= 11 is 0. The lowest BCUT2D eigenvalue weighted by Crippen LogP contribution is -2.08. The van der Waals surface area contributed by atoms with Gasteiger partial charge in [-0.2, -0.15) is 0 Å². The summed E-state index contributed by atoms with van der Waals surface area (Å²) in [4.78, 5) is 3.77. The van der Waals surface area contributed by atoms with Gasteiger partial charge in [-0.1, -0.05) is 0 Å². The van der Waals surface area contributed by atoms with Crippen molar-refractivity contribution in [3.8, 4) is 11.6 Å². The molecule has 0 unspecified atom stereocenters.